The van der Waals surface area contributed by atoms with E-state index in [2.05, 4.69) is 12.2 Å². The van der Waals surface area contributed by atoms with Gasteiger partial charge in [-0.15, -0.1) is 0 Å². The van der Waals surface area contributed by atoms with Crippen LogP contribution in [-0.2, 0) is 6.42 Å². The molecular formula is C12H11NO. The summed E-state index contributed by atoms with van der Waals surface area (Å²) in [5.41, 5.74) is 2.57. The predicted octanol–water partition coefficient (Wildman–Crippen LogP) is 2.55. The minimum Gasteiger partial charge on any atom is -0.479 e. The van der Waals surface area contributed by atoms with Gasteiger partial charge < -0.3 is 4.74 Å². The van der Waals surface area contributed by atoms with Crippen molar-refractivity contribution in [2.45, 2.75) is 12.8 Å². The van der Waals surface area contributed by atoms with Gasteiger partial charge in [-0.05, 0) is 36.1 Å². The largest absolute Gasteiger partial charge is 0.479 e. The summed E-state index contributed by atoms with van der Waals surface area (Å²) in [4.78, 5) is 0. The highest BCUT2D eigenvalue weighted by Crippen LogP contribution is 2.23. The molecule has 0 N–H and O–H groups in total. The minimum atomic E-state index is 0.120. The standard InChI is InChI=1S/C12H11NO/c13-7-8-14-12-6-5-10-3-1-2-4-11(10)9-12/h1,3,5-6,9H,2,4,8H2. The average molecular weight is 185 g/mol. The molecule has 0 atom stereocenters. The zero-order chi connectivity index (χ0) is 9.80. The molecule has 70 valence electrons. The summed E-state index contributed by atoms with van der Waals surface area (Å²) in [6, 6.07) is 7.93. The first-order valence-corrected chi connectivity index (χ1v) is 4.69. The minimum absolute atomic E-state index is 0.120. The van der Waals surface area contributed by atoms with Gasteiger partial charge in [0, 0.05) is 0 Å². The van der Waals surface area contributed by atoms with E-state index >= 15 is 0 Å². The topological polar surface area (TPSA) is 33.0 Å². The van der Waals surface area contributed by atoms with E-state index < -0.39 is 0 Å². The summed E-state index contributed by atoms with van der Waals surface area (Å²) >= 11 is 0. The number of rotatable bonds is 2. The number of ether oxygens (including phenoxy) is 1. The lowest BCUT2D eigenvalue weighted by molar-refractivity contribution is 0.367. The molecule has 1 aromatic carbocycles. The van der Waals surface area contributed by atoms with Crippen LogP contribution in [0.4, 0.5) is 0 Å². The van der Waals surface area contributed by atoms with E-state index in [0.717, 1.165) is 18.6 Å². The number of hydrogen-bond acceptors (Lipinski definition) is 2. The van der Waals surface area contributed by atoms with Crippen molar-refractivity contribution in [3.8, 4) is 11.8 Å². The summed E-state index contributed by atoms with van der Waals surface area (Å²) in [6.07, 6.45) is 6.47. The molecule has 0 saturated heterocycles. The number of fused-ring (bicyclic) bond motifs is 1. The maximum absolute atomic E-state index is 8.38. The number of benzene rings is 1. The first kappa shape index (κ1) is 8.83. The number of nitriles is 1. The average Bonchev–Trinajstić information content (AvgIpc) is 2.26. The number of allylic oxidation sites excluding steroid dienone is 1. The zero-order valence-corrected chi connectivity index (χ0v) is 7.86. The number of aryl methyl sites for hydroxylation is 1. The van der Waals surface area contributed by atoms with Crippen LogP contribution < -0.4 is 4.74 Å². The van der Waals surface area contributed by atoms with Crippen molar-refractivity contribution in [2.75, 3.05) is 6.61 Å². The second kappa shape index (κ2) is 3.97. The molecule has 0 amide bonds. The molecule has 14 heavy (non-hydrogen) atoms. The highest BCUT2D eigenvalue weighted by Gasteiger charge is 2.05. The molecule has 0 saturated carbocycles. The van der Waals surface area contributed by atoms with Gasteiger partial charge in [0.25, 0.3) is 0 Å². The summed E-state index contributed by atoms with van der Waals surface area (Å²) in [5, 5.41) is 8.38. The molecule has 0 unspecified atom stereocenters. The molecule has 0 bridgehead atoms. The van der Waals surface area contributed by atoms with Gasteiger partial charge in [0.15, 0.2) is 6.61 Å². The van der Waals surface area contributed by atoms with Gasteiger partial charge in [-0.3, -0.25) is 0 Å². The third-order valence-electron chi connectivity index (χ3n) is 2.30. The predicted molar refractivity (Wildman–Crippen MR) is 54.9 cm³/mol. The zero-order valence-electron chi connectivity index (χ0n) is 7.86. The molecular weight excluding hydrogens is 174 g/mol. The normalized spacial score (nSPS) is 13.1. The van der Waals surface area contributed by atoms with Gasteiger partial charge in [-0.25, -0.2) is 0 Å². The molecule has 2 rings (SSSR count). The van der Waals surface area contributed by atoms with Crippen LogP contribution in [0, 0.1) is 11.3 Å². The van der Waals surface area contributed by atoms with E-state index in [1.807, 2.05) is 24.3 Å². The van der Waals surface area contributed by atoms with Crippen molar-refractivity contribution in [3.05, 3.63) is 35.4 Å². The molecule has 2 nitrogen and oxygen atoms in total. The molecule has 0 fully saturated rings. The van der Waals surface area contributed by atoms with Crippen LogP contribution >= 0.6 is 0 Å². The Morgan fingerprint density at radius 3 is 3.21 bits per heavy atom. The third-order valence-corrected chi connectivity index (χ3v) is 2.30. The van der Waals surface area contributed by atoms with Crippen LogP contribution in [-0.4, -0.2) is 6.61 Å². The Bertz CT molecular complexity index is 401. The lowest BCUT2D eigenvalue weighted by atomic mass is 9.97. The van der Waals surface area contributed by atoms with Crippen LogP contribution in [0.5, 0.6) is 5.75 Å². The van der Waals surface area contributed by atoms with Crippen LogP contribution in [0.2, 0.25) is 0 Å². The van der Waals surface area contributed by atoms with Gasteiger partial charge in [0.1, 0.15) is 11.8 Å². The summed E-state index contributed by atoms with van der Waals surface area (Å²) in [6.45, 7) is 0.120. The van der Waals surface area contributed by atoms with E-state index in [1.54, 1.807) is 0 Å². The lowest BCUT2D eigenvalue weighted by Gasteiger charge is -2.11. The van der Waals surface area contributed by atoms with Crippen LogP contribution in [0.25, 0.3) is 6.08 Å². The van der Waals surface area contributed by atoms with Crippen molar-refractivity contribution in [2.24, 2.45) is 0 Å². The van der Waals surface area contributed by atoms with E-state index in [9.17, 15) is 0 Å². The van der Waals surface area contributed by atoms with E-state index in [4.69, 9.17) is 10.00 Å². The molecule has 1 aliphatic carbocycles. The second-order valence-electron chi connectivity index (χ2n) is 3.25. The van der Waals surface area contributed by atoms with Gasteiger partial charge in [-0.1, -0.05) is 18.2 Å². The summed E-state index contributed by atoms with van der Waals surface area (Å²) < 4.78 is 5.24. The molecule has 0 aliphatic heterocycles. The maximum atomic E-state index is 8.38. The van der Waals surface area contributed by atoms with Crippen molar-refractivity contribution >= 4 is 6.08 Å². The maximum Gasteiger partial charge on any atom is 0.174 e. The van der Waals surface area contributed by atoms with E-state index in [-0.39, 0.29) is 6.61 Å². The van der Waals surface area contributed by atoms with Crippen LogP contribution in [0.3, 0.4) is 0 Å². The Kier molecular flexibility index (Phi) is 2.51. The Morgan fingerprint density at radius 1 is 1.43 bits per heavy atom. The van der Waals surface area contributed by atoms with Gasteiger partial charge in [0.2, 0.25) is 0 Å². The van der Waals surface area contributed by atoms with Crippen molar-refractivity contribution in [3.63, 3.8) is 0 Å². The Balaban J connectivity index is 2.22. The third kappa shape index (κ3) is 1.77. The molecule has 1 aliphatic rings. The van der Waals surface area contributed by atoms with Gasteiger partial charge in [-0.2, -0.15) is 5.26 Å². The molecule has 1 aromatic rings. The van der Waals surface area contributed by atoms with Crippen molar-refractivity contribution in [1.82, 2.24) is 0 Å². The fraction of sp³-hybridized carbons (Fsp3) is 0.250. The lowest BCUT2D eigenvalue weighted by Crippen LogP contribution is -1.97. The molecule has 2 heteroatoms. The Labute approximate surface area is 83.4 Å². The Morgan fingerprint density at radius 2 is 2.36 bits per heavy atom. The molecule has 0 spiro atoms. The molecule has 0 heterocycles. The van der Waals surface area contributed by atoms with E-state index in [0.29, 0.717) is 0 Å². The fourth-order valence-corrected chi connectivity index (χ4v) is 1.62. The van der Waals surface area contributed by atoms with Gasteiger partial charge >= 0.3 is 0 Å². The molecule has 0 radical (unpaired) electrons. The summed E-state index contributed by atoms with van der Waals surface area (Å²) in [7, 11) is 0. The van der Waals surface area contributed by atoms with Gasteiger partial charge in [0.05, 0.1) is 0 Å². The van der Waals surface area contributed by atoms with Crippen LogP contribution in [0.15, 0.2) is 24.3 Å². The SMILES string of the molecule is N#CCOc1ccc2c(c1)CCC=C2. The number of nitrogens with zero attached hydrogens (tertiary/aromatic N) is 1. The Hall–Kier alpha value is -1.75. The smallest absolute Gasteiger partial charge is 0.174 e. The first-order valence-electron chi connectivity index (χ1n) is 4.69. The van der Waals surface area contributed by atoms with Crippen LogP contribution in [0.1, 0.15) is 17.5 Å². The highest BCUT2D eigenvalue weighted by atomic mass is 16.5. The van der Waals surface area contributed by atoms with Crippen molar-refractivity contribution in [1.29, 1.82) is 5.26 Å². The molecule has 0 aromatic heterocycles. The number of hydrogen-bond donors (Lipinski definition) is 0. The second-order valence-corrected chi connectivity index (χ2v) is 3.25. The quantitative estimate of drug-likeness (QED) is 0.709. The fourth-order valence-electron chi connectivity index (χ4n) is 1.62. The summed E-state index contributed by atoms with van der Waals surface area (Å²) in [5.74, 6) is 0.792. The van der Waals surface area contributed by atoms with E-state index in [1.165, 1.54) is 11.1 Å². The first-order chi connectivity index (χ1) is 6.90. The highest BCUT2D eigenvalue weighted by molar-refractivity contribution is 5.57. The van der Waals surface area contributed by atoms with Crippen molar-refractivity contribution < 1.29 is 4.74 Å². The monoisotopic (exact) mass is 185 g/mol.